The van der Waals surface area contributed by atoms with Crippen molar-refractivity contribution in [2.24, 2.45) is 0 Å². The molecule has 0 spiro atoms. The third kappa shape index (κ3) is 6.32. The van der Waals surface area contributed by atoms with E-state index in [1.807, 2.05) is 50.2 Å². The van der Waals surface area contributed by atoms with Crippen LogP contribution in [0.15, 0.2) is 83.8 Å². The Balaban J connectivity index is 1.14. The molecule has 43 heavy (non-hydrogen) atoms. The summed E-state index contributed by atoms with van der Waals surface area (Å²) in [6.45, 7) is 5.82. The average Bonchev–Trinajstić information content (AvgIpc) is 3.50. The molecule has 1 saturated heterocycles. The molecule has 0 aliphatic carbocycles. The largest absolute Gasteiger partial charge is 0.454 e. The molecule has 3 heterocycles. The van der Waals surface area contributed by atoms with Crippen molar-refractivity contribution in [3.05, 3.63) is 95.6 Å². The SMILES string of the molecule is Cc1ccc(-c2ccc(N3CCN(C(=O)CN(Cc4ccc5c(c4)OCO5)S(=O)(=O)c4ccc(C)cc4)CC3)nn2)cc1. The van der Waals surface area contributed by atoms with Crippen LogP contribution in [-0.4, -0.2) is 73.2 Å². The first kappa shape index (κ1) is 28.6. The van der Waals surface area contributed by atoms with Crippen LogP contribution in [0, 0.1) is 13.8 Å². The molecule has 0 bridgehead atoms. The Morgan fingerprint density at radius 2 is 1.49 bits per heavy atom. The fourth-order valence-corrected chi connectivity index (χ4v) is 6.51. The van der Waals surface area contributed by atoms with Crippen molar-refractivity contribution in [3.8, 4) is 22.8 Å². The number of aryl methyl sites for hydroxylation is 2. The molecular weight excluding hydrogens is 566 g/mol. The number of fused-ring (bicyclic) bond motifs is 1. The van der Waals surface area contributed by atoms with Crippen molar-refractivity contribution in [2.75, 3.05) is 44.4 Å². The smallest absolute Gasteiger partial charge is 0.243 e. The molecular formula is C32H33N5O5S. The lowest BCUT2D eigenvalue weighted by Gasteiger charge is -2.36. The number of rotatable bonds is 8. The first-order valence-electron chi connectivity index (χ1n) is 14.2. The number of nitrogens with zero attached hydrogens (tertiary/aromatic N) is 5. The lowest BCUT2D eigenvalue weighted by atomic mass is 10.1. The number of sulfonamides is 1. The van der Waals surface area contributed by atoms with Gasteiger partial charge in [0.05, 0.1) is 17.1 Å². The zero-order valence-electron chi connectivity index (χ0n) is 24.1. The van der Waals surface area contributed by atoms with E-state index in [1.165, 1.54) is 9.87 Å². The monoisotopic (exact) mass is 599 g/mol. The van der Waals surface area contributed by atoms with Gasteiger partial charge in [-0.2, -0.15) is 4.31 Å². The molecule has 1 amide bonds. The molecule has 6 rings (SSSR count). The molecule has 2 aliphatic heterocycles. The summed E-state index contributed by atoms with van der Waals surface area (Å²) in [6.07, 6.45) is 0. The van der Waals surface area contributed by atoms with E-state index in [4.69, 9.17) is 9.47 Å². The molecule has 1 fully saturated rings. The van der Waals surface area contributed by atoms with E-state index in [1.54, 1.807) is 47.4 Å². The van der Waals surface area contributed by atoms with Gasteiger partial charge >= 0.3 is 0 Å². The molecule has 3 aromatic carbocycles. The number of anilines is 1. The zero-order valence-corrected chi connectivity index (χ0v) is 25.0. The lowest BCUT2D eigenvalue weighted by Crippen LogP contribution is -2.52. The number of hydrogen-bond donors (Lipinski definition) is 0. The summed E-state index contributed by atoms with van der Waals surface area (Å²) in [5.74, 6) is 1.66. The quantitative estimate of drug-likeness (QED) is 0.299. The van der Waals surface area contributed by atoms with Gasteiger partial charge in [-0.05, 0) is 55.8 Å². The van der Waals surface area contributed by atoms with Gasteiger partial charge in [-0.15, -0.1) is 10.2 Å². The van der Waals surface area contributed by atoms with Crippen LogP contribution < -0.4 is 14.4 Å². The van der Waals surface area contributed by atoms with Crippen LogP contribution in [-0.2, 0) is 21.4 Å². The summed E-state index contributed by atoms with van der Waals surface area (Å²) in [7, 11) is -3.96. The number of ether oxygens (including phenoxy) is 2. The Morgan fingerprint density at radius 3 is 2.16 bits per heavy atom. The molecule has 4 aromatic rings. The highest BCUT2D eigenvalue weighted by molar-refractivity contribution is 7.89. The van der Waals surface area contributed by atoms with Gasteiger partial charge in [0.15, 0.2) is 17.3 Å². The van der Waals surface area contributed by atoms with E-state index in [9.17, 15) is 13.2 Å². The highest BCUT2D eigenvalue weighted by Gasteiger charge is 2.31. The van der Waals surface area contributed by atoms with Crippen LogP contribution in [0.3, 0.4) is 0 Å². The minimum atomic E-state index is -3.96. The minimum absolute atomic E-state index is 0.0154. The second kappa shape index (κ2) is 12.0. The molecule has 222 valence electrons. The summed E-state index contributed by atoms with van der Waals surface area (Å²) in [5, 5.41) is 8.84. The molecule has 0 atom stereocenters. The third-order valence-corrected chi connectivity index (χ3v) is 9.53. The maximum atomic E-state index is 13.8. The maximum absolute atomic E-state index is 13.8. The third-order valence-electron chi connectivity index (χ3n) is 7.72. The van der Waals surface area contributed by atoms with Crippen molar-refractivity contribution in [3.63, 3.8) is 0 Å². The standard InChI is InChI=1S/C32H33N5O5S/c1-23-3-8-26(9-4-23)28-12-14-31(34-33-28)35-15-17-36(18-16-35)32(38)21-37(43(39,40)27-10-5-24(2)6-11-27)20-25-7-13-29-30(19-25)42-22-41-29/h3-14,19H,15-18,20-22H2,1-2H3. The normalized spacial score (nSPS) is 14.8. The van der Waals surface area contributed by atoms with Crippen LogP contribution in [0.2, 0.25) is 0 Å². The summed E-state index contributed by atoms with van der Waals surface area (Å²) in [4.78, 5) is 17.5. The number of hydrogen-bond acceptors (Lipinski definition) is 8. The van der Waals surface area contributed by atoms with Crippen LogP contribution >= 0.6 is 0 Å². The first-order valence-corrected chi connectivity index (χ1v) is 15.6. The second-order valence-electron chi connectivity index (χ2n) is 10.8. The minimum Gasteiger partial charge on any atom is -0.454 e. The average molecular weight is 600 g/mol. The number of carbonyl (C=O) groups excluding carboxylic acids is 1. The van der Waals surface area contributed by atoms with Crippen molar-refractivity contribution in [1.29, 1.82) is 0 Å². The van der Waals surface area contributed by atoms with Crippen LogP contribution in [0.4, 0.5) is 5.82 Å². The Labute approximate surface area is 251 Å². The molecule has 0 radical (unpaired) electrons. The van der Waals surface area contributed by atoms with Crippen molar-refractivity contribution >= 4 is 21.7 Å². The summed E-state index contributed by atoms with van der Waals surface area (Å²) >= 11 is 0. The number of carbonyl (C=O) groups is 1. The second-order valence-corrected chi connectivity index (χ2v) is 12.7. The summed E-state index contributed by atoms with van der Waals surface area (Å²) in [5.41, 5.74) is 4.64. The predicted molar refractivity (Wildman–Crippen MR) is 162 cm³/mol. The van der Waals surface area contributed by atoms with Gasteiger partial charge in [0.1, 0.15) is 0 Å². The molecule has 0 unspecified atom stereocenters. The van der Waals surface area contributed by atoms with Gasteiger partial charge in [0.2, 0.25) is 22.7 Å². The van der Waals surface area contributed by atoms with Crippen LogP contribution in [0.5, 0.6) is 11.5 Å². The molecule has 1 aromatic heterocycles. The zero-order chi connectivity index (χ0) is 30.0. The first-order chi connectivity index (χ1) is 20.8. The predicted octanol–water partition coefficient (Wildman–Crippen LogP) is 4.03. The van der Waals surface area contributed by atoms with Gasteiger partial charge in [-0.1, -0.05) is 53.6 Å². The topological polar surface area (TPSA) is 105 Å². The van der Waals surface area contributed by atoms with E-state index >= 15 is 0 Å². The highest BCUT2D eigenvalue weighted by atomic mass is 32.2. The number of benzene rings is 3. The van der Waals surface area contributed by atoms with Crippen LogP contribution in [0.25, 0.3) is 11.3 Å². The van der Waals surface area contributed by atoms with Crippen molar-refractivity contribution in [2.45, 2.75) is 25.3 Å². The summed E-state index contributed by atoms with van der Waals surface area (Å²) < 4.78 is 39.6. The van der Waals surface area contributed by atoms with Crippen LogP contribution in [0.1, 0.15) is 16.7 Å². The van der Waals surface area contributed by atoms with E-state index in [0.717, 1.165) is 22.6 Å². The molecule has 0 saturated carbocycles. The maximum Gasteiger partial charge on any atom is 0.243 e. The molecule has 11 heteroatoms. The van der Waals surface area contributed by atoms with E-state index in [-0.39, 0.29) is 30.7 Å². The van der Waals surface area contributed by atoms with Gasteiger partial charge in [-0.25, -0.2) is 8.42 Å². The van der Waals surface area contributed by atoms with Crippen molar-refractivity contribution in [1.82, 2.24) is 19.4 Å². The van der Waals surface area contributed by atoms with Gasteiger partial charge in [-0.3, -0.25) is 4.79 Å². The van der Waals surface area contributed by atoms with Gasteiger partial charge in [0, 0.05) is 38.3 Å². The summed E-state index contributed by atoms with van der Waals surface area (Å²) in [6, 6.07) is 24.0. The Hall–Kier alpha value is -4.48. The molecule has 0 N–H and O–H groups in total. The van der Waals surface area contributed by atoms with E-state index in [2.05, 4.69) is 15.1 Å². The number of piperazine rings is 1. The van der Waals surface area contributed by atoms with Gasteiger partial charge < -0.3 is 19.3 Å². The number of amides is 1. The van der Waals surface area contributed by atoms with Crippen molar-refractivity contribution < 1.29 is 22.7 Å². The molecule has 10 nitrogen and oxygen atoms in total. The highest BCUT2D eigenvalue weighted by Crippen LogP contribution is 2.33. The Bertz CT molecular complexity index is 1700. The van der Waals surface area contributed by atoms with E-state index < -0.39 is 10.0 Å². The van der Waals surface area contributed by atoms with E-state index in [0.29, 0.717) is 43.2 Å². The molecule has 2 aliphatic rings. The number of aromatic nitrogens is 2. The Kier molecular flexibility index (Phi) is 8.00. The van der Waals surface area contributed by atoms with Gasteiger partial charge in [0.25, 0.3) is 0 Å². The fourth-order valence-electron chi connectivity index (χ4n) is 5.14. The lowest BCUT2D eigenvalue weighted by molar-refractivity contribution is -0.131. The fraction of sp³-hybridized carbons (Fsp3) is 0.281. The Morgan fingerprint density at radius 1 is 0.814 bits per heavy atom.